The van der Waals surface area contributed by atoms with Crippen molar-refractivity contribution in [2.24, 2.45) is 0 Å². The molecule has 1 aliphatic rings. The van der Waals surface area contributed by atoms with E-state index in [2.05, 4.69) is 23.9 Å². The third-order valence-electron chi connectivity index (χ3n) is 4.03. The standard InChI is InChI=1S/C15H23FN2O2/c1-17-6-7-18(2)12(10-17)9-14(19)13-8-11(16)4-5-15(13)20-3/h4-5,8,12,14,19H,6-7,9-10H2,1-3H3. The van der Waals surface area contributed by atoms with E-state index in [-0.39, 0.29) is 11.9 Å². The number of rotatable bonds is 4. The molecule has 1 aliphatic heterocycles. The number of methoxy groups -OCH3 is 1. The number of ether oxygens (including phenoxy) is 1. The van der Waals surface area contributed by atoms with Crippen molar-refractivity contribution in [1.82, 2.24) is 9.80 Å². The van der Waals surface area contributed by atoms with E-state index in [1.165, 1.54) is 19.2 Å². The SMILES string of the molecule is COc1ccc(F)cc1C(O)CC1CN(C)CCN1C. The predicted molar refractivity (Wildman–Crippen MR) is 76.4 cm³/mol. The maximum absolute atomic E-state index is 13.4. The average molecular weight is 282 g/mol. The van der Waals surface area contributed by atoms with Crippen molar-refractivity contribution in [2.75, 3.05) is 40.8 Å². The number of benzene rings is 1. The van der Waals surface area contributed by atoms with Gasteiger partial charge in [-0.25, -0.2) is 4.39 Å². The van der Waals surface area contributed by atoms with Gasteiger partial charge in [0.2, 0.25) is 0 Å². The summed E-state index contributed by atoms with van der Waals surface area (Å²) in [7, 11) is 5.67. The van der Waals surface area contributed by atoms with Crippen LogP contribution in [0.5, 0.6) is 5.75 Å². The first-order valence-electron chi connectivity index (χ1n) is 6.91. The van der Waals surface area contributed by atoms with Gasteiger partial charge in [-0.3, -0.25) is 0 Å². The average Bonchev–Trinajstić information content (AvgIpc) is 2.42. The molecular weight excluding hydrogens is 259 g/mol. The Morgan fingerprint density at radius 3 is 2.85 bits per heavy atom. The zero-order valence-corrected chi connectivity index (χ0v) is 12.3. The Hall–Kier alpha value is -1.17. The van der Waals surface area contributed by atoms with E-state index >= 15 is 0 Å². The summed E-state index contributed by atoms with van der Waals surface area (Å²) in [5.74, 6) is 0.180. The van der Waals surface area contributed by atoms with Crippen LogP contribution in [0.2, 0.25) is 0 Å². The molecule has 0 amide bonds. The lowest BCUT2D eigenvalue weighted by atomic mass is 9.98. The highest BCUT2D eigenvalue weighted by Crippen LogP contribution is 2.30. The van der Waals surface area contributed by atoms with Crippen molar-refractivity contribution in [3.05, 3.63) is 29.6 Å². The maximum Gasteiger partial charge on any atom is 0.124 e. The van der Waals surface area contributed by atoms with Gasteiger partial charge in [0.25, 0.3) is 0 Å². The molecule has 0 aromatic heterocycles. The van der Waals surface area contributed by atoms with Crippen molar-refractivity contribution in [3.8, 4) is 5.75 Å². The van der Waals surface area contributed by atoms with E-state index in [9.17, 15) is 9.50 Å². The van der Waals surface area contributed by atoms with Crippen molar-refractivity contribution in [1.29, 1.82) is 0 Å². The van der Waals surface area contributed by atoms with Crippen LogP contribution in [0.4, 0.5) is 4.39 Å². The van der Waals surface area contributed by atoms with Crippen molar-refractivity contribution >= 4 is 0 Å². The molecule has 1 heterocycles. The van der Waals surface area contributed by atoms with Gasteiger partial charge in [0, 0.05) is 31.2 Å². The molecule has 20 heavy (non-hydrogen) atoms. The number of likely N-dealkylation sites (N-methyl/N-ethyl adjacent to an activating group) is 2. The first kappa shape index (κ1) is 15.2. The van der Waals surface area contributed by atoms with E-state index < -0.39 is 6.10 Å². The van der Waals surface area contributed by atoms with Gasteiger partial charge in [0.05, 0.1) is 13.2 Å². The molecule has 1 aromatic rings. The molecule has 2 unspecified atom stereocenters. The monoisotopic (exact) mass is 282 g/mol. The molecule has 1 N–H and O–H groups in total. The summed E-state index contributed by atoms with van der Waals surface area (Å²) in [5.41, 5.74) is 0.522. The Balaban J connectivity index is 2.11. The second-order valence-corrected chi connectivity index (χ2v) is 5.53. The molecule has 1 saturated heterocycles. The molecule has 112 valence electrons. The number of aliphatic hydroxyl groups excluding tert-OH is 1. The minimum absolute atomic E-state index is 0.261. The minimum atomic E-state index is -0.723. The second kappa shape index (κ2) is 6.52. The number of hydrogen-bond acceptors (Lipinski definition) is 4. The van der Waals surface area contributed by atoms with Gasteiger partial charge < -0.3 is 19.6 Å². The first-order chi connectivity index (χ1) is 9.51. The Morgan fingerprint density at radius 2 is 2.15 bits per heavy atom. The molecule has 0 bridgehead atoms. The van der Waals surface area contributed by atoms with Crippen LogP contribution in [0.25, 0.3) is 0 Å². The van der Waals surface area contributed by atoms with E-state index in [1.54, 1.807) is 6.07 Å². The largest absolute Gasteiger partial charge is 0.496 e. The van der Waals surface area contributed by atoms with E-state index in [0.717, 1.165) is 19.6 Å². The highest BCUT2D eigenvalue weighted by molar-refractivity contribution is 5.35. The first-order valence-corrected chi connectivity index (χ1v) is 6.91. The van der Waals surface area contributed by atoms with Crippen LogP contribution in [-0.4, -0.2) is 61.8 Å². The quantitative estimate of drug-likeness (QED) is 0.908. The fraction of sp³-hybridized carbons (Fsp3) is 0.600. The molecule has 0 saturated carbocycles. The molecule has 2 atom stereocenters. The van der Waals surface area contributed by atoms with E-state index in [0.29, 0.717) is 17.7 Å². The van der Waals surface area contributed by atoms with Gasteiger partial charge in [0.15, 0.2) is 0 Å². The number of aliphatic hydroxyl groups is 1. The van der Waals surface area contributed by atoms with Crippen LogP contribution < -0.4 is 4.74 Å². The van der Waals surface area contributed by atoms with E-state index in [4.69, 9.17) is 4.74 Å². The molecule has 2 rings (SSSR count). The van der Waals surface area contributed by atoms with Gasteiger partial charge in [0.1, 0.15) is 11.6 Å². The summed E-state index contributed by atoms with van der Waals surface area (Å²) in [6.07, 6.45) is -0.153. The predicted octanol–water partition coefficient (Wildman–Crippen LogP) is 1.50. The smallest absolute Gasteiger partial charge is 0.124 e. The number of hydrogen-bond donors (Lipinski definition) is 1. The molecular formula is C15H23FN2O2. The summed E-state index contributed by atoms with van der Waals surface area (Å²) in [6, 6.07) is 4.52. The normalized spacial score (nSPS) is 22.8. The fourth-order valence-corrected chi connectivity index (χ4v) is 2.71. The molecule has 4 nitrogen and oxygen atoms in total. The Morgan fingerprint density at radius 1 is 1.40 bits per heavy atom. The molecule has 1 aromatic carbocycles. The highest BCUT2D eigenvalue weighted by Gasteiger charge is 2.26. The Kier molecular flexibility index (Phi) is 4.96. The maximum atomic E-state index is 13.4. The van der Waals surface area contributed by atoms with Gasteiger partial charge in [-0.05, 0) is 38.7 Å². The number of piperazine rings is 1. The zero-order valence-electron chi connectivity index (χ0n) is 12.3. The lowest BCUT2D eigenvalue weighted by Crippen LogP contribution is -2.50. The van der Waals surface area contributed by atoms with Crippen LogP contribution in [-0.2, 0) is 0 Å². The highest BCUT2D eigenvalue weighted by atomic mass is 19.1. The molecule has 0 aliphatic carbocycles. The lowest BCUT2D eigenvalue weighted by molar-refractivity contribution is 0.0624. The van der Waals surface area contributed by atoms with Gasteiger partial charge in [-0.15, -0.1) is 0 Å². The second-order valence-electron chi connectivity index (χ2n) is 5.53. The van der Waals surface area contributed by atoms with Gasteiger partial charge in [-0.1, -0.05) is 0 Å². The van der Waals surface area contributed by atoms with Crippen LogP contribution >= 0.6 is 0 Å². The van der Waals surface area contributed by atoms with Crippen LogP contribution in [0, 0.1) is 5.82 Å². The topological polar surface area (TPSA) is 35.9 Å². The molecule has 5 heteroatoms. The lowest BCUT2D eigenvalue weighted by Gasteiger charge is -2.38. The van der Waals surface area contributed by atoms with Crippen molar-refractivity contribution in [2.45, 2.75) is 18.6 Å². The molecule has 0 radical (unpaired) electrons. The number of halogens is 1. The third kappa shape index (κ3) is 3.48. The summed E-state index contributed by atoms with van der Waals surface area (Å²) in [6.45, 7) is 2.92. The van der Waals surface area contributed by atoms with Crippen LogP contribution in [0.1, 0.15) is 18.1 Å². The van der Waals surface area contributed by atoms with E-state index in [1.807, 2.05) is 0 Å². The zero-order chi connectivity index (χ0) is 14.7. The Labute approximate surface area is 119 Å². The number of nitrogens with zero attached hydrogens (tertiary/aromatic N) is 2. The van der Waals surface area contributed by atoms with Crippen LogP contribution in [0.3, 0.4) is 0 Å². The van der Waals surface area contributed by atoms with Crippen LogP contribution in [0.15, 0.2) is 18.2 Å². The summed E-state index contributed by atoms with van der Waals surface area (Å²) in [4.78, 5) is 4.50. The third-order valence-corrected chi connectivity index (χ3v) is 4.03. The minimum Gasteiger partial charge on any atom is -0.496 e. The summed E-state index contributed by atoms with van der Waals surface area (Å²) in [5, 5.41) is 10.4. The fourth-order valence-electron chi connectivity index (χ4n) is 2.71. The van der Waals surface area contributed by atoms with Gasteiger partial charge in [-0.2, -0.15) is 0 Å². The van der Waals surface area contributed by atoms with Crippen molar-refractivity contribution in [3.63, 3.8) is 0 Å². The van der Waals surface area contributed by atoms with Crippen molar-refractivity contribution < 1.29 is 14.2 Å². The molecule has 1 fully saturated rings. The summed E-state index contributed by atoms with van der Waals surface area (Å²) >= 11 is 0. The summed E-state index contributed by atoms with van der Waals surface area (Å²) < 4.78 is 18.6. The molecule has 0 spiro atoms. The van der Waals surface area contributed by atoms with Gasteiger partial charge >= 0.3 is 0 Å². The Bertz CT molecular complexity index is 455.